The van der Waals surface area contributed by atoms with Crippen molar-refractivity contribution < 1.29 is 14.3 Å². The van der Waals surface area contributed by atoms with Gasteiger partial charge in [-0.15, -0.1) is 0 Å². The number of anilines is 1. The molecule has 1 aromatic heterocycles. The van der Waals surface area contributed by atoms with E-state index in [-0.39, 0.29) is 12.3 Å². The molecule has 0 fully saturated rings. The molecule has 2 aromatic rings. The van der Waals surface area contributed by atoms with Crippen LogP contribution in [0.1, 0.15) is 16.1 Å². The first kappa shape index (κ1) is 15.0. The number of aliphatic hydroxyl groups is 1. The second kappa shape index (κ2) is 6.84. The van der Waals surface area contributed by atoms with Crippen molar-refractivity contribution in [3.8, 4) is 11.8 Å². The molecule has 2 rings (SSSR count). The van der Waals surface area contributed by atoms with Gasteiger partial charge in [-0.05, 0) is 30.3 Å². The minimum absolute atomic E-state index is 0.0671. The van der Waals surface area contributed by atoms with Crippen molar-refractivity contribution in [1.82, 2.24) is 4.98 Å². The fourth-order valence-electron chi connectivity index (χ4n) is 1.56. The van der Waals surface area contributed by atoms with Crippen molar-refractivity contribution in [1.29, 1.82) is 0 Å². The SMILES string of the molecule is O=C(Nc1cc(Cl)ccc1C#CCO)c1ccc(F)cn1. The molecule has 0 aliphatic carbocycles. The Labute approximate surface area is 125 Å². The highest BCUT2D eigenvalue weighted by molar-refractivity contribution is 6.31. The van der Waals surface area contributed by atoms with E-state index in [4.69, 9.17) is 16.7 Å². The van der Waals surface area contributed by atoms with Crippen LogP contribution in [0, 0.1) is 17.7 Å². The van der Waals surface area contributed by atoms with Gasteiger partial charge >= 0.3 is 0 Å². The van der Waals surface area contributed by atoms with Gasteiger partial charge in [-0.3, -0.25) is 4.79 Å². The molecule has 0 atom stereocenters. The van der Waals surface area contributed by atoms with Crippen molar-refractivity contribution in [2.75, 3.05) is 11.9 Å². The second-order valence-corrected chi connectivity index (χ2v) is 4.40. The summed E-state index contributed by atoms with van der Waals surface area (Å²) in [6.07, 6.45) is 0.958. The van der Waals surface area contributed by atoms with Crippen molar-refractivity contribution >= 4 is 23.2 Å². The third-order valence-electron chi connectivity index (χ3n) is 2.49. The molecule has 0 bridgehead atoms. The Morgan fingerprint density at radius 2 is 2.19 bits per heavy atom. The number of benzene rings is 1. The number of nitrogens with one attached hydrogen (secondary N) is 1. The Kier molecular flexibility index (Phi) is 4.88. The molecule has 0 spiro atoms. The van der Waals surface area contributed by atoms with Gasteiger partial charge in [0, 0.05) is 10.6 Å². The number of aromatic nitrogens is 1. The quantitative estimate of drug-likeness (QED) is 0.838. The number of nitrogens with zero attached hydrogens (tertiary/aromatic N) is 1. The summed E-state index contributed by atoms with van der Waals surface area (Å²) < 4.78 is 12.8. The van der Waals surface area contributed by atoms with Crippen LogP contribution < -0.4 is 5.32 Å². The molecule has 0 unspecified atom stereocenters. The van der Waals surface area contributed by atoms with E-state index in [0.717, 1.165) is 12.3 Å². The van der Waals surface area contributed by atoms with Crippen LogP contribution in [0.4, 0.5) is 10.1 Å². The summed E-state index contributed by atoms with van der Waals surface area (Å²) in [7, 11) is 0. The van der Waals surface area contributed by atoms with Crippen molar-refractivity contribution in [2.24, 2.45) is 0 Å². The van der Waals surface area contributed by atoms with Crippen molar-refractivity contribution in [2.45, 2.75) is 0 Å². The fourth-order valence-corrected chi connectivity index (χ4v) is 1.73. The standard InChI is InChI=1S/C15H10ClFN2O2/c16-11-4-3-10(2-1-7-20)14(8-11)19-15(21)13-6-5-12(17)9-18-13/h3-6,8-9,20H,7H2,(H,19,21). The van der Waals surface area contributed by atoms with Crippen molar-refractivity contribution in [3.63, 3.8) is 0 Å². The first-order valence-corrected chi connectivity index (χ1v) is 6.30. The molecule has 106 valence electrons. The zero-order chi connectivity index (χ0) is 15.2. The zero-order valence-corrected chi connectivity index (χ0v) is 11.5. The van der Waals surface area contributed by atoms with Gasteiger partial charge in [0.2, 0.25) is 0 Å². The van der Waals surface area contributed by atoms with Crippen LogP contribution in [0.15, 0.2) is 36.5 Å². The normalized spacial score (nSPS) is 9.67. The number of amides is 1. The predicted octanol–water partition coefficient (Wildman–Crippen LogP) is 2.47. The van der Waals surface area contributed by atoms with Crippen LogP contribution in [0.2, 0.25) is 5.02 Å². The van der Waals surface area contributed by atoms with Crippen LogP contribution in [-0.4, -0.2) is 22.6 Å². The van der Waals surface area contributed by atoms with E-state index < -0.39 is 11.7 Å². The van der Waals surface area contributed by atoms with Crippen LogP contribution >= 0.6 is 11.6 Å². The summed E-state index contributed by atoms with van der Waals surface area (Å²) >= 11 is 5.89. The molecule has 4 nitrogen and oxygen atoms in total. The number of pyridine rings is 1. The van der Waals surface area contributed by atoms with E-state index >= 15 is 0 Å². The number of hydrogen-bond acceptors (Lipinski definition) is 3. The average molecular weight is 305 g/mol. The Morgan fingerprint density at radius 1 is 1.38 bits per heavy atom. The summed E-state index contributed by atoms with van der Waals surface area (Å²) in [4.78, 5) is 15.7. The molecule has 21 heavy (non-hydrogen) atoms. The van der Waals surface area contributed by atoms with Gasteiger partial charge in [-0.25, -0.2) is 9.37 Å². The Morgan fingerprint density at radius 3 is 2.86 bits per heavy atom. The molecule has 1 aromatic carbocycles. The lowest BCUT2D eigenvalue weighted by atomic mass is 10.1. The van der Waals surface area contributed by atoms with Gasteiger partial charge in [0.05, 0.1) is 11.9 Å². The van der Waals surface area contributed by atoms with Crippen LogP contribution in [0.5, 0.6) is 0 Å². The van der Waals surface area contributed by atoms with E-state index in [2.05, 4.69) is 22.1 Å². The lowest BCUT2D eigenvalue weighted by Gasteiger charge is -2.07. The van der Waals surface area contributed by atoms with Gasteiger partial charge in [0.1, 0.15) is 18.1 Å². The van der Waals surface area contributed by atoms with E-state index in [1.54, 1.807) is 12.1 Å². The minimum Gasteiger partial charge on any atom is -0.384 e. The maximum atomic E-state index is 12.8. The number of rotatable bonds is 2. The van der Waals surface area contributed by atoms with E-state index in [1.807, 2.05) is 0 Å². The molecule has 0 aliphatic heterocycles. The van der Waals surface area contributed by atoms with Gasteiger partial charge in [-0.1, -0.05) is 23.4 Å². The van der Waals surface area contributed by atoms with Crippen LogP contribution in [-0.2, 0) is 0 Å². The van der Waals surface area contributed by atoms with Gasteiger partial charge in [0.15, 0.2) is 0 Å². The predicted molar refractivity (Wildman–Crippen MR) is 77.6 cm³/mol. The first-order valence-electron chi connectivity index (χ1n) is 5.92. The Balaban J connectivity index is 2.27. The molecular weight excluding hydrogens is 295 g/mol. The number of aliphatic hydroxyl groups excluding tert-OH is 1. The number of halogens is 2. The lowest BCUT2D eigenvalue weighted by molar-refractivity contribution is 0.102. The summed E-state index contributed by atoms with van der Waals surface area (Å²) in [5, 5.41) is 11.8. The second-order valence-electron chi connectivity index (χ2n) is 3.97. The van der Waals surface area contributed by atoms with Gasteiger partial charge in [-0.2, -0.15) is 0 Å². The smallest absolute Gasteiger partial charge is 0.274 e. The molecule has 1 amide bonds. The maximum absolute atomic E-state index is 12.8. The molecule has 1 heterocycles. The highest BCUT2D eigenvalue weighted by Gasteiger charge is 2.10. The topological polar surface area (TPSA) is 62.2 Å². The molecule has 6 heteroatoms. The highest BCUT2D eigenvalue weighted by Crippen LogP contribution is 2.21. The number of carbonyl (C=O) groups excluding carboxylic acids is 1. The zero-order valence-electron chi connectivity index (χ0n) is 10.7. The third-order valence-corrected chi connectivity index (χ3v) is 2.73. The molecule has 0 radical (unpaired) electrons. The summed E-state index contributed by atoms with van der Waals surface area (Å²) in [5.41, 5.74) is 0.959. The summed E-state index contributed by atoms with van der Waals surface area (Å²) in [5.74, 6) is 4.16. The largest absolute Gasteiger partial charge is 0.384 e. The minimum atomic E-state index is -0.524. The fraction of sp³-hybridized carbons (Fsp3) is 0.0667. The van der Waals surface area contributed by atoms with E-state index in [0.29, 0.717) is 16.3 Å². The summed E-state index contributed by atoms with van der Waals surface area (Å²) in [6.45, 7) is -0.296. The van der Waals surface area contributed by atoms with Gasteiger partial charge in [0.25, 0.3) is 5.91 Å². The monoisotopic (exact) mass is 304 g/mol. The third kappa shape index (κ3) is 4.02. The summed E-state index contributed by atoms with van der Waals surface area (Å²) in [6, 6.07) is 7.19. The van der Waals surface area contributed by atoms with Crippen LogP contribution in [0.25, 0.3) is 0 Å². The molecule has 2 N–H and O–H groups in total. The Bertz CT molecular complexity index is 721. The van der Waals surface area contributed by atoms with E-state index in [9.17, 15) is 9.18 Å². The van der Waals surface area contributed by atoms with Crippen LogP contribution in [0.3, 0.4) is 0 Å². The Hall–Kier alpha value is -2.42. The van der Waals surface area contributed by atoms with E-state index in [1.165, 1.54) is 12.1 Å². The van der Waals surface area contributed by atoms with Gasteiger partial charge < -0.3 is 10.4 Å². The highest BCUT2D eigenvalue weighted by atomic mass is 35.5. The lowest BCUT2D eigenvalue weighted by Crippen LogP contribution is -2.14. The number of carbonyl (C=O) groups is 1. The van der Waals surface area contributed by atoms with Crippen molar-refractivity contribution in [3.05, 3.63) is 58.6 Å². The molecule has 0 aliphatic rings. The molecule has 0 saturated carbocycles. The molecular formula is C15H10ClFN2O2. The first-order chi connectivity index (χ1) is 10.1. The number of hydrogen-bond donors (Lipinski definition) is 2. The average Bonchev–Trinajstić information content (AvgIpc) is 2.47. The molecule has 0 saturated heterocycles. The maximum Gasteiger partial charge on any atom is 0.274 e.